The van der Waals surface area contributed by atoms with Gasteiger partial charge in [0.05, 0.1) is 13.1 Å². The van der Waals surface area contributed by atoms with Crippen LogP contribution in [0.1, 0.15) is 62.1 Å². The van der Waals surface area contributed by atoms with Gasteiger partial charge in [-0.3, -0.25) is 4.79 Å². The van der Waals surface area contributed by atoms with Gasteiger partial charge in [0.25, 0.3) is 5.89 Å². The van der Waals surface area contributed by atoms with Crippen LogP contribution in [-0.2, 0) is 21.5 Å². The number of piperidine rings is 3. The lowest BCUT2D eigenvalue weighted by molar-refractivity contribution is -0.958. The summed E-state index contributed by atoms with van der Waals surface area (Å²) in [5.41, 5.74) is 0.484. The van der Waals surface area contributed by atoms with Gasteiger partial charge in [-0.1, -0.05) is 55.1 Å². The van der Waals surface area contributed by atoms with Crippen LogP contribution in [0.5, 0.6) is 0 Å². The number of ether oxygens (including phenoxy) is 1. The number of fused-ring (bicyclic) bond motifs is 3. The molecule has 36 heavy (non-hydrogen) atoms. The highest BCUT2D eigenvalue weighted by molar-refractivity contribution is 7.10. The molecule has 3 saturated heterocycles. The minimum absolute atomic E-state index is 0. The zero-order valence-corrected chi connectivity index (χ0v) is 22.2. The van der Waals surface area contributed by atoms with Gasteiger partial charge in [-0.15, -0.1) is 11.3 Å². The zero-order chi connectivity index (χ0) is 23.7. The van der Waals surface area contributed by atoms with Crippen molar-refractivity contribution < 1.29 is 30.9 Å². The first-order valence-corrected chi connectivity index (χ1v) is 14.0. The molecule has 7 rings (SSSR count). The molecule has 6 nitrogen and oxygen atoms in total. The molecule has 2 bridgehead atoms. The van der Waals surface area contributed by atoms with Gasteiger partial charge < -0.3 is 26.2 Å². The Morgan fingerprint density at radius 2 is 1.81 bits per heavy atom. The van der Waals surface area contributed by atoms with Crippen molar-refractivity contribution in [2.45, 2.75) is 69.4 Å². The second kappa shape index (κ2) is 10.6. The van der Waals surface area contributed by atoms with Crippen LogP contribution < -0.4 is 12.4 Å². The maximum Gasteiger partial charge on any atom is 0.317 e. The first-order valence-electron chi connectivity index (χ1n) is 13.1. The van der Waals surface area contributed by atoms with Crippen molar-refractivity contribution >= 4 is 17.3 Å². The van der Waals surface area contributed by atoms with E-state index in [1.807, 2.05) is 30.3 Å². The molecule has 1 unspecified atom stereocenters. The van der Waals surface area contributed by atoms with E-state index in [1.54, 1.807) is 11.3 Å². The molecule has 1 saturated carbocycles. The molecule has 4 fully saturated rings. The first-order chi connectivity index (χ1) is 17.2. The third kappa shape index (κ3) is 4.85. The Morgan fingerprint density at radius 1 is 1.06 bits per heavy atom. The molecule has 8 heteroatoms. The highest BCUT2D eigenvalue weighted by Gasteiger charge is 2.51. The summed E-state index contributed by atoms with van der Waals surface area (Å²) in [6, 6.07) is 14.1. The molecular weight excluding hydrogens is 494 g/mol. The molecule has 1 aliphatic carbocycles. The number of carbonyl (C=O) groups excluding carboxylic acids is 1. The van der Waals surface area contributed by atoms with Crippen LogP contribution in [0.3, 0.4) is 0 Å². The van der Waals surface area contributed by atoms with E-state index < -0.39 is 5.41 Å². The average molecular weight is 528 g/mol. The smallest absolute Gasteiger partial charge is 0.317 e. The van der Waals surface area contributed by atoms with E-state index in [2.05, 4.69) is 22.7 Å². The Morgan fingerprint density at radius 3 is 2.50 bits per heavy atom. The van der Waals surface area contributed by atoms with E-state index in [9.17, 15) is 4.79 Å². The fourth-order valence-electron chi connectivity index (χ4n) is 6.58. The van der Waals surface area contributed by atoms with Crippen LogP contribution in [0.4, 0.5) is 0 Å². The summed E-state index contributed by atoms with van der Waals surface area (Å²) in [4.78, 5) is 19.8. The largest absolute Gasteiger partial charge is 1.00 e. The molecule has 192 valence electrons. The number of quaternary nitrogens is 1. The lowest BCUT2D eigenvalue weighted by Gasteiger charge is -2.51. The van der Waals surface area contributed by atoms with Gasteiger partial charge >= 0.3 is 5.97 Å². The van der Waals surface area contributed by atoms with Crippen LogP contribution in [-0.4, -0.2) is 46.3 Å². The first kappa shape index (κ1) is 25.4. The fraction of sp³-hybridized carbons (Fsp3) is 0.536. The number of nitrogens with zero attached hydrogens (tertiary/aromatic N) is 3. The molecule has 0 N–H and O–H groups in total. The van der Waals surface area contributed by atoms with Crippen LogP contribution in [0.2, 0.25) is 0 Å². The Hall–Kier alpha value is -2.22. The van der Waals surface area contributed by atoms with Gasteiger partial charge in [0.2, 0.25) is 5.82 Å². The van der Waals surface area contributed by atoms with Crippen molar-refractivity contribution in [1.29, 1.82) is 0 Å². The van der Waals surface area contributed by atoms with E-state index in [0.29, 0.717) is 11.8 Å². The predicted octanol–water partition coefficient (Wildman–Crippen LogP) is 2.75. The zero-order valence-electron chi connectivity index (χ0n) is 20.6. The van der Waals surface area contributed by atoms with E-state index >= 15 is 0 Å². The minimum atomic E-state index is -0.459. The highest BCUT2D eigenvalue weighted by atomic mass is 35.5. The SMILES string of the molecule is O=C(OC1C[N+]2(Cc3noc(-c4ccccc4)n3)CCC1CC2)C1(c2cccs2)CCCCCC1.[Cl-]. The van der Waals surface area contributed by atoms with Gasteiger partial charge in [-0.25, -0.2) is 0 Å². The van der Waals surface area contributed by atoms with Gasteiger partial charge in [-0.05, 0) is 36.4 Å². The third-order valence-electron chi connectivity index (χ3n) is 8.61. The molecule has 2 aromatic heterocycles. The van der Waals surface area contributed by atoms with Crippen LogP contribution in [0.25, 0.3) is 11.5 Å². The van der Waals surface area contributed by atoms with E-state index in [-0.39, 0.29) is 24.5 Å². The van der Waals surface area contributed by atoms with Gasteiger partial charge in [0.15, 0.2) is 6.10 Å². The predicted molar refractivity (Wildman–Crippen MR) is 135 cm³/mol. The minimum Gasteiger partial charge on any atom is -1.00 e. The van der Waals surface area contributed by atoms with E-state index in [4.69, 9.17) is 14.2 Å². The lowest BCUT2D eigenvalue weighted by Crippen LogP contribution is -3.00. The average Bonchev–Trinajstić information content (AvgIpc) is 3.53. The second-order valence-corrected chi connectivity index (χ2v) is 11.7. The standard InChI is InChI=1S/C28H34N3O3S.ClH/c32-27(28(24-11-8-18-35-24)14-6-1-2-7-15-28)33-23-19-31(16-12-21(23)13-17-31)20-25-29-26(34-30-25)22-9-4-3-5-10-22;/h3-5,8-11,18,21,23H,1-2,6-7,12-17,19-20H2;1H/q+1;/p-1. The summed E-state index contributed by atoms with van der Waals surface area (Å²) >= 11 is 1.71. The van der Waals surface area contributed by atoms with Crippen molar-refractivity contribution in [1.82, 2.24) is 10.1 Å². The Labute approximate surface area is 223 Å². The number of halogens is 1. The third-order valence-corrected chi connectivity index (χ3v) is 9.68. The van der Waals surface area contributed by atoms with Crippen molar-refractivity contribution in [3.8, 4) is 11.5 Å². The summed E-state index contributed by atoms with van der Waals surface area (Å²) in [6.45, 7) is 3.76. The summed E-state index contributed by atoms with van der Waals surface area (Å²) < 4.78 is 12.9. The number of esters is 1. The number of hydrogen-bond donors (Lipinski definition) is 0. The summed E-state index contributed by atoms with van der Waals surface area (Å²) in [5, 5.41) is 6.40. The fourth-order valence-corrected chi connectivity index (χ4v) is 7.55. The molecule has 1 atom stereocenters. The normalized spacial score (nSPS) is 27.1. The number of thiophene rings is 1. The number of rotatable bonds is 6. The highest BCUT2D eigenvalue weighted by Crippen LogP contribution is 2.44. The number of aromatic nitrogens is 2. The van der Waals surface area contributed by atoms with E-state index in [1.165, 1.54) is 17.7 Å². The molecule has 3 aliphatic heterocycles. The number of benzene rings is 1. The van der Waals surface area contributed by atoms with Crippen LogP contribution in [0.15, 0.2) is 52.4 Å². The summed E-state index contributed by atoms with van der Waals surface area (Å²) in [6.07, 6.45) is 8.60. The second-order valence-electron chi connectivity index (χ2n) is 10.8. The molecule has 5 heterocycles. The molecule has 0 radical (unpaired) electrons. The van der Waals surface area contributed by atoms with Crippen molar-refractivity contribution in [2.75, 3.05) is 19.6 Å². The molecule has 1 aromatic carbocycles. The Bertz CT molecular complexity index is 1130. The topological polar surface area (TPSA) is 65.2 Å². The summed E-state index contributed by atoms with van der Waals surface area (Å²) in [7, 11) is 0. The monoisotopic (exact) mass is 527 g/mol. The van der Waals surface area contributed by atoms with Gasteiger partial charge in [0, 0.05) is 29.2 Å². The molecule has 4 aliphatic rings. The van der Waals surface area contributed by atoms with Gasteiger partial charge in [0.1, 0.15) is 18.5 Å². The van der Waals surface area contributed by atoms with Gasteiger partial charge in [-0.2, -0.15) is 4.98 Å². The number of hydrogen-bond acceptors (Lipinski definition) is 6. The quantitative estimate of drug-likeness (QED) is 0.280. The molecule has 0 spiro atoms. The Kier molecular flexibility index (Phi) is 7.52. The number of carbonyl (C=O) groups is 1. The van der Waals surface area contributed by atoms with Crippen molar-refractivity contribution in [2.24, 2.45) is 5.92 Å². The van der Waals surface area contributed by atoms with Crippen molar-refractivity contribution in [3.63, 3.8) is 0 Å². The Balaban J connectivity index is 0.00000267. The van der Waals surface area contributed by atoms with Crippen molar-refractivity contribution in [3.05, 3.63) is 58.5 Å². The maximum atomic E-state index is 13.9. The lowest BCUT2D eigenvalue weighted by atomic mass is 9.78. The summed E-state index contributed by atoms with van der Waals surface area (Å²) in [5.74, 6) is 1.80. The maximum absolute atomic E-state index is 13.9. The van der Waals surface area contributed by atoms with Crippen LogP contribution in [0, 0.1) is 5.92 Å². The molecule has 3 aromatic rings. The molecular formula is C28H34ClN3O3S. The van der Waals surface area contributed by atoms with E-state index in [0.717, 1.165) is 80.6 Å². The van der Waals surface area contributed by atoms with Crippen LogP contribution >= 0.6 is 11.3 Å². The molecule has 0 amide bonds.